The van der Waals surface area contributed by atoms with E-state index in [1.54, 1.807) is 17.2 Å². The number of aromatic nitrogens is 1. The van der Waals surface area contributed by atoms with Gasteiger partial charge in [0.2, 0.25) is 5.91 Å². The van der Waals surface area contributed by atoms with Crippen molar-refractivity contribution in [1.82, 2.24) is 9.88 Å². The Morgan fingerprint density at radius 1 is 1.21 bits per heavy atom. The van der Waals surface area contributed by atoms with Crippen molar-refractivity contribution in [2.45, 2.75) is 18.9 Å². The molecule has 1 aromatic carbocycles. The molecule has 1 saturated carbocycles. The number of nitrogens with one attached hydrogen (secondary N) is 1. The second-order valence-corrected chi connectivity index (χ2v) is 7.60. The number of aromatic amines is 1. The van der Waals surface area contributed by atoms with Crippen LogP contribution in [-0.4, -0.2) is 48.0 Å². The third-order valence-electron chi connectivity index (χ3n) is 5.46. The second kappa shape index (κ2) is 8.02. The smallest absolute Gasteiger partial charge is 0.271 e. The molecule has 3 N–H and O–H groups in total. The molecule has 2 fully saturated rings. The molecule has 1 amide bonds. The molecular formula is C22H26N4O2. The SMILES string of the molecule is NC/C=C/C(=O)N1CC(N(CC2CC2)c2cc(-c3ccccc3)c[nH]c2=O)C1. The lowest BCUT2D eigenvalue weighted by molar-refractivity contribution is -0.130. The van der Waals surface area contributed by atoms with Gasteiger partial charge in [-0.15, -0.1) is 0 Å². The molecule has 6 heteroatoms. The lowest BCUT2D eigenvalue weighted by Crippen LogP contribution is -2.62. The first kappa shape index (κ1) is 18.5. The van der Waals surface area contributed by atoms with Crippen molar-refractivity contribution in [2.24, 2.45) is 11.7 Å². The number of carbonyl (C=O) groups is 1. The number of likely N-dealkylation sites (tertiary alicyclic amines) is 1. The van der Waals surface area contributed by atoms with Crippen LogP contribution in [-0.2, 0) is 4.79 Å². The summed E-state index contributed by atoms with van der Waals surface area (Å²) in [7, 11) is 0. The molecule has 2 aromatic rings. The molecule has 2 aliphatic rings. The molecular weight excluding hydrogens is 352 g/mol. The minimum atomic E-state index is -0.0758. The summed E-state index contributed by atoms with van der Waals surface area (Å²) >= 11 is 0. The lowest BCUT2D eigenvalue weighted by atomic mass is 10.0. The van der Waals surface area contributed by atoms with Gasteiger partial charge in [0.25, 0.3) is 5.56 Å². The monoisotopic (exact) mass is 378 g/mol. The van der Waals surface area contributed by atoms with Gasteiger partial charge in [0, 0.05) is 44.0 Å². The summed E-state index contributed by atoms with van der Waals surface area (Å²) in [4.78, 5) is 31.7. The zero-order valence-corrected chi connectivity index (χ0v) is 15.9. The van der Waals surface area contributed by atoms with Crippen LogP contribution in [0.15, 0.2) is 59.5 Å². The van der Waals surface area contributed by atoms with Gasteiger partial charge < -0.3 is 20.5 Å². The molecule has 0 spiro atoms. The molecule has 28 heavy (non-hydrogen) atoms. The van der Waals surface area contributed by atoms with Crippen molar-refractivity contribution >= 4 is 11.6 Å². The average Bonchev–Trinajstić information content (AvgIpc) is 3.50. The predicted molar refractivity (Wildman–Crippen MR) is 111 cm³/mol. The fraction of sp³-hybridized carbons (Fsp3) is 0.364. The fourth-order valence-electron chi connectivity index (χ4n) is 3.61. The Balaban J connectivity index is 1.56. The number of hydrogen-bond donors (Lipinski definition) is 2. The molecule has 146 valence electrons. The standard InChI is InChI=1S/C22H26N4O2/c23-10-4-7-21(27)25-14-19(15-25)26(13-16-8-9-16)20-11-18(12-24-22(20)28)17-5-2-1-3-6-17/h1-7,11-12,16,19H,8-10,13-15,23H2,(H,24,28)/b7-4+. The summed E-state index contributed by atoms with van der Waals surface area (Å²) < 4.78 is 0. The van der Waals surface area contributed by atoms with Crippen LogP contribution >= 0.6 is 0 Å². The largest absolute Gasteiger partial charge is 0.360 e. The van der Waals surface area contributed by atoms with E-state index >= 15 is 0 Å². The summed E-state index contributed by atoms with van der Waals surface area (Å²) in [5.41, 5.74) is 8.11. The highest BCUT2D eigenvalue weighted by Crippen LogP contribution is 2.33. The maximum Gasteiger partial charge on any atom is 0.271 e. The van der Waals surface area contributed by atoms with E-state index in [9.17, 15) is 9.59 Å². The molecule has 1 saturated heterocycles. The Morgan fingerprint density at radius 2 is 1.96 bits per heavy atom. The molecule has 4 rings (SSSR count). The highest BCUT2D eigenvalue weighted by molar-refractivity contribution is 5.88. The molecule has 1 aliphatic heterocycles. The average molecular weight is 378 g/mol. The molecule has 0 bridgehead atoms. The van der Waals surface area contributed by atoms with Crippen molar-refractivity contribution in [2.75, 3.05) is 31.1 Å². The van der Waals surface area contributed by atoms with Gasteiger partial charge in [0.05, 0.1) is 6.04 Å². The lowest BCUT2D eigenvalue weighted by Gasteiger charge is -2.46. The minimum Gasteiger partial charge on any atom is -0.360 e. The number of H-pyrrole nitrogens is 1. The second-order valence-electron chi connectivity index (χ2n) is 7.60. The Bertz CT molecular complexity index is 912. The number of nitrogens with zero attached hydrogens (tertiary/aromatic N) is 2. The Morgan fingerprint density at radius 3 is 2.64 bits per heavy atom. The number of nitrogens with two attached hydrogens (primary N) is 1. The number of benzene rings is 1. The van der Waals surface area contributed by atoms with Crippen LogP contribution in [0, 0.1) is 5.92 Å². The van der Waals surface area contributed by atoms with E-state index in [-0.39, 0.29) is 17.5 Å². The maximum atomic E-state index is 12.6. The van der Waals surface area contributed by atoms with Crippen LogP contribution in [0.5, 0.6) is 0 Å². The topological polar surface area (TPSA) is 82.4 Å². The third-order valence-corrected chi connectivity index (χ3v) is 5.46. The number of pyridine rings is 1. The van der Waals surface area contributed by atoms with E-state index in [4.69, 9.17) is 5.73 Å². The van der Waals surface area contributed by atoms with Gasteiger partial charge in [-0.2, -0.15) is 0 Å². The quantitative estimate of drug-likeness (QED) is 0.722. The third kappa shape index (κ3) is 4.02. The zero-order chi connectivity index (χ0) is 19.5. The van der Waals surface area contributed by atoms with E-state index in [0.717, 1.165) is 17.7 Å². The molecule has 6 nitrogen and oxygen atoms in total. The molecule has 2 heterocycles. The van der Waals surface area contributed by atoms with Gasteiger partial charge in [0.15, 0.2) is 0 Å². The van der Waals surface area contributed by atoms with Gasteiger partial charge in [-0.3, -0.25) is 9.59 Å². The summed E-state index contributed by atoms with van der Waals surface area (Å²) in [6, 6.07) is 12.2. The number of hydrogen-bond acceptors (Lipinski definition) is 4. The van der Waals surface area contributed by atoms with Crippen molar-refractivity contribution in [3.63, 3.8) is 0 Å². The van der Waals surface area contributed by atoms with Crippen LogP contribution in [0.4, 0.5) is 5.69 Å². The highest BCUT2D eigenvalue weighted by atomic mass is 16.2. The van der Waals surface area contributed by atoms with Crippen molar-refractivity contribution < 1.29 is 4.79 Å². The first-order valence-electron chi connectivity index (χ1n) is 9.86. The van der Waals surface area contributed by atoms with Gasteiger partial charge in [-0.1, -0.05) is 36.4 Å². The Kier molecular flexibility index (Phi) is 5.30. The van der Waals surface area contributed by atoms with Gasteiger partial charge in [0.1, 0.15) is 5.69 Å². The predicted octanol–water partition coefficient (Wildman–Crippen LogP) is 1.98. The summed E-state index contributed by atoms with van der Waals surface area (Å²) in [6.07, 6.45) is 7.39. The normalized spacial score (nSPS) is 17.0. The van der Waals surface area contributed by atoms with E-state index in [2.05, 4.69) is 9.88 Å². The number of carbonyl (C=O) groups excluding carboxylic acids is 1. The van der Waals surface area contributed by atoms with E-state index in [1.165, 1.54) is 18.9 Å². The van der Waals surface area contributed by atoms with Gasteiger partial charge in [-0.05, 0) is 30.4 Å². The van der Waals surface area contributed by atoms with Gasteiger partial charge >= 0.3 is 0 Å². The summed E-state index contributed by atoms with van der Waals surface area (Å²) in [6.45, 7) is 2.50. The van der Waals surface area contributed by atoms with E-state index in [1.807, 2.05) is 36.4 Å². The molecule has 0 radical (unpaired) electrons. The zero-order valence-electron chi connectivity index (χ0n) is 15.9. The number of anilines is 1. The fourth-order valence-corrected chi connectivity index (χ4v) is 3.61. The van der Waals surface area contributed by atoms with Gasteiger partial charge in [-0.25, -0.2) is 0 Å². The first-order chi connectivity index (χ1) is 13.7. The Hall–Kier alpha value is -2.86. The highest BCUT2D eigenvalue weighted by Gasteiger charge is 2.37. The van der Waals surface area contributed by atoms with Crippen molar-refractivity contribution in [1.29, 1.82) is 0 Å². The van der Waals surface area contributed by atoms with E-state index in [0.29, 0.717) is 31.2 Å². The van der Waals surface area contributed by atoms with Crippen molar-refractivity contribution in [3.8, 4) is 11.1 Å². The summed E-state index contributed by atoms with van der Waals surface area (Å²) in [5, 5.41) is 0. The summed E-state index contributed by atoms with van der Waals surface area (Å²) in [5.74, 6) is 0.627. The van der Waals surface area contributed by atoms with Crippen LogP contribution in [0.25, 0.3) is 11.1 Å². The molecule has 1 aliphatic carbocycles. The van der Waals surface area contributed by atoms with Crippen LogP contribution in [0.3, 0.4) is 0 Å². The van der Waals surface area contributed by atoms with Crippen LogP contribution in [0.1, 0.15) is 12.8 Å². The Labute approximate surface area is 164 Å². The molecule has 0 atom stereocenters. The molecule has 1 aromatic heterocycles. The number of rotatable bonds is 7. The van der Waals surface area contributed by atoms with Crippen molar-refractivity contribution in [3.05, 3.63) is 65.1 Å². The minimum absolute atomic E-state index is 0.0139. The van der Waals surface area contributed by atoms with Crippen LogP contribution < -0.4 is 16.2 Å². The van der Waals surface area contributed by atoms with E-state index < -0.39 is 0 Å². The maximum absolute atomic E-state index is 12.6. The molecule has 0 unspecified atom stereocenters. The first-order valence-corrected chi connectivity index (χ1v) is 9.86. The number of amides is 1. The van der Waals surface area contributed by atoms with Crippen LogP contribution in [0.2, 0.25) is 0 Å².